The largest absolute Gasteiger partial charge is 0.483 e. The Labute approximate surface area is 156 Å². The van der Waals surface area contributed by atoms with Crippen molar-refractivity contribution in [1.82, 2.24) is 0 Å². The van der Waals surface area contributed by atoms with Crippen molar-refractivity contribution >= 4 is 7.60 Å². The molecule has 0 radical (unpaired) electrons. The normalized spacial score (nSPS) is 20.0. The fourth-order valence-corrected chi connectivity index (χ4v) is 3.42. The molecule has 1 aromatic carbocycles. The summed E-state index contributed by atoms with van der Waals surface area (Å²) in [6, 6.07) is 5.32. The molecule has 0 spiro atoms. The van der Waals surface area contributed by atoms with E-state index >= 15 is 0 Å². The third-order valence-corrected chi connectivity index (χ3v) is 5.08. The van der Waals surface area contributed by atoms with Crippen LogP contribution in [0.5, 0.6) is 11.5 Å². The molecule has 0 saturated heterocycles. The molecule has 0 fully saturated rings. The first-order valence-electron chi connectivity index (χ1n) is 9.48. The zero-order valence-corrected chi connectivity index (χ0v) is 16.7. The van der Waals surface area contributed by atoms with Crippen LogP contribution in [-0.2, 0) is 11.0 Å². The zero-order chi connectivity index (χ0) is 19.0. The number of allylic oxidation sites excluding steroid dienone is 1. The van der Waals surface area contributed by atoms with Gasteiger partial charge in [0, 0.05) is 0 Å². The number of unbranched alkanes of at least 4 members (excludes halogenated alkanes) is 5. The van der Waals surface area contributed by atoms with Gasteiger partial charge in [-0.2, -0.15) is 0 Å². The van der Waals surface area contributed by atoms with Gasteiger partial charge in [-0.15, -0.1) is 0 Å². The van der Waals surface area contributed by atoms with Crippen LogP contribution in [-0.4, -0.2) is 21.7 Å². The highest BCUT2D eigenvalue weighted by Crippen LogP contribution is 2.38. The van der Waals surface area contributed by atoms with Crippen LogP contribution in [0.1, 0.15) is 64.4 Å². The van der Waals surface area contributed by atoms with Gasteiger partial charge in [0.1, 0.15) is 17.1 Å². The Morgan fingerprint density at radius 2 is 2.04 bits per heavy atom. The van der Waals surface area contributed by atoms with E-state index < -0.39 is 13.9 Å². The second-order valence-corrected chi connectivity index (χ2v) is 8.82. The van der Waals surface area contributed by atoms with Crippen molar-refractivity contribution in [3.63, 3.8) is 0 Å². The smallest absolute Gasteiger partial charge is 0.362 e. The predicted molar refractivity (Wildman–Crippen MR) is 104 cm³/mol. The van der Waals surface area contributed by atoms with E-state index in [9.17, 15) is 4.57 Å². The van der Waals surface area contributed by atoms with Crippen LogP contribution in [0.3, 0.4) is 0 Å². The lowest BCUT2D eigenvalue weighted by Gasteiger charge is -2.33. The fraction of sp³-hybridized carbons (Fsp3) is 0.600. The van der Waals surface area contributed by atoms with Crippen molar-refractivity contribution in [2.75, 3.05) is 6.35 Å². The lowest BCUT2D eigenvalue weighted by Crippen LogP contribution is -2.34. The van der Waals surface area contributed by atoms with Gasteiger partial charge in [0.05, 0.1) is 0 Å². The maximum Gasteiger partial charge on any atom is 0.362 e. The Morgan fingerprint density at radius 1 is 1.27 bits per heavy atom. The van der Waals surface area contributed by atoms with Gasteiger partial charge in [0.15, 0.2) is 6.35 Å². The van der Waals surface area contributed by atoms with Gasteiger partial charge in [-0.1, -0.05) is 38.7 Å². The average Bonchev–Trinajstić information content (AvgIpc) is 2.58. The number of benzene rings is 1. The molecule has 1 atom stereocenters. The molecule has 146 valence electrons. The molecule has 2 N–H and O–H groups in total. The summed E-state index contributed by atoms with van der Waals surface area (Å²) in [4.78, 5) is 17.8. The second kappa shape index (κ2) is 9.59. The molecule has 0 aromatic heterocycles. The van der Waals surface area contributed by atoms with Crippen LogP contribution >= 0.6 is 7.60 Å². The van der Waals surface area contributed by atoms with Crippen molar-refractivity contribution in [1.29, 1.82) is 0 Å². The topological polar surface area (TPSA) is 76.0 Å². The molecule has 5 nitrogen and oxygen atoms in total. The van der Waals surface area contributed by atoms with Crippen LogP contribution in [0.4, 0.5) is 0 Å². The standard InChI is InChI=1S/C20H31O5P/c1-3-4-5-6-7-8-9-13-20(2)14-12-17-15-18(10-11-19(17)25-20)24-16-26(21,22)23/h9-11,13,15H,3-8,12,14,16H2,1-2H3,(H2,21,22,23). The molecular weight excluding hydrogens is 351 g/mol. The van der Waals surface area contributed by atoms with Crippen LogP contribution in [0.15, 0.2) is 30.4 Å². The first-order valence-corrected chi connectivity index (χ1v) is 11.3. The minimum absolute atomic E-state index is 0.301. The van der Waals surface area contributed by atoms with E-state index in [2.05, 4.69) is 26.0 Å². The number of rotatable bonds is 10. The highest BCUT2D eigenvalue weighted by molar-refractivity contribution is 7.51. The molecule has 0 saturated carbocycles. The quantitative estimate of drug-likeness (QED) is 0.330. The molecule has 1 aliphatic rings. The number of fused-ring (bicyclic) bond motifs is 1. The van der Waals surface area contributed by atoms with Crippen LogP contribution in [0.25, 0.3) is 0 Å². The molecular formula is C20H31O5P. The van der Waals surface area contributed by atoms with Crippen molar-refractivity contribution in [3.05, 3.63) is 35.9 Å². The summed E-state index contributed by atoms with van der Waals surface area (Å²) in [5.41, 5.74) is 0.712. The first-order chi connectivity index (χ1) is 12.3. The maximum atomic E-state index is 10.9. The molecule has 1 aliphatic heterocycles. The highest BCUT2D eigenvalue weighted by Gasteiger charge is 2.29. The highest BCUT2D eigenvalue weighted by atomic mass is 31.2. The number of aryl methyl sites for hydroxylation is 1. The Balaban J connectivity index is 1.87. The Morgan fingerprint density at radius 3 is 2.77 bits per heavy atom. The lowest BCUT2D eigenvalue weighted by atomic mass is 9.91. The molecule has 6 heteroatoms. The summed E-state index contributed by atoms with van der Waals surface area (Å²) in [6.07, 6.45) is 13.0. The molecule has 1 aromatic rings. The van der Waals surface area contributed by atoms with Gasteiger partial charge >= 0.3 is 7.60 Å². The minimum atomic E-state index is -4.17. The second-order valence-electron chi connectivity index (χ2n) is 7.23. The molecule has 1 unspecified atom stereocenters. The number of hydrogen-bond acceptors (Lipinski definition) is 3. The number of ether oxygens (including phenoxy) is 2. The van der Waals surface area contributed by atoms with Gasteiger partial charge in [-0.3, -0.25) is 4.57 Å². The van der Waals surface area contributed by atoms with E-state index in [1.807, 2.05) is 12.1 Å². The molecule has 0 bridgehead atoms. The van der Waals surface area contributed by atoms with E-state index in [1.165, 1.54) is 32.1 Å². The average molecular weight is 382 g/mol. The van der Waals surface area contributed by atoms with Crippen molar-refractivity contribution < 1.29 is 23.8 Å². The molecule has 1 heterocycles. The maximum absolute atomic E-state index is 10.9. The summed E-state index contributed by atoms with van der Waals surface area (Å²) in [7, 11) is -4.17. The minimum Gasteiger partial charge on any atom is -0.483 e. The van der Waals surface area contributed by atoms with Crippen LogP contribution in [0, 0.1) is 0 Å². The number of hydrogen-bond donors (Lipinski definition) is 2. The fourth-order valence-electron chi connectivity index (χ4n) is 3.10. The van der Waals surface area contributed by atoms with Gasteiger partial charge in [0.2, 0.25) is 0 Å². The van der Waals surface area contributed by atoms with Crippen LogP contribution < -0.4 is 9.47 Å². The predicted octanol–water partition coefficient (Wildman–Crippen LogP) is 5.20. The summed E-state index contributed by atoms with van der Waals surface area (Å²) in [5, 5.41) is 0. The molecule has 0 aliphatic carbocycles. The van der Waals surface area contributed by atoms with Crippen LogP contribution in [0.2, 0.25) is 0 Å². The third kappa shape index (κ3) is 7.14. The summed E-state index contributed by atoms with van der Waals surface area (Å²) in [6.45, 7) is 4.33. The molecule has 0 amide bonds. The van der Waals surface area contributed by atoms with Crippen molar-refractivity contribution in [2.45, 2.75) is 70.8 Å². The molecule has 26 heavy (non-hydrogen) atoms. The van der Waals surface area contributed by atoms with E-state index in [1.54, 1.807) is 6.07 Å². The Bertz CT molecular complexity index is 652. The van der Waals surface area contributed by atoms with Crippen molar-refractivity contribution in [2.24, 2.45) is 0 Å². The zero-order valence-electron chi connectivity index (χ0n) is 15.8. The summed E-state index contributed by atoms with van der Waals surface area (Å²) >= 11 is 0. The van der Waals surface area contributed by atoms with Gasteiger partial charge in [-0.05, 0) is 62.4 Å². The SMILES string of the molecule is CCCCCCCC=CC1(C)CCc2cc(OCP(=O)(O)O)ccc2O1. The Hall–Kier alpha value is -1.29. The first kappa shape index (κ1) is 21.0. The summed E-state index contributed by atoms with van der Waals surface area (Å²) in [5.74, 6) is 1.27. The van der Waals surface area contributed by atoms with E-state index in [0.717, 1.165) is 30.6 Å². The van der Waals surface area contributed by atoms with E-state index in [0.29, 0.717) is 5.75 Å². The Kier molecular flexibility index (Phi) is 7.75. The monoisotopic (exact) mass is 382 g/mol. The third-order valence-electron chi connectivity index (χ3n) is 4.61. The van der Waals surface area contributed by atoms with E-state index in [-0.39, 0.29) is 5.60 Å². The van der Waals surface area contributed by atoms with Gasteiger partial charge < -0.3 is 19.3 Å². The van der Waals surface area contributed by atoms with Crippen molar-refractivity contribution in [3.8, 4) is 11.5 Å². The van der Waals surface area contributed by atoms with E-state index in [4.69, 9.17) is 19.3 Å². The van der Waals surface area contributed by atoms with Gasteiger partial charge in [0.25, 0.3) is 0 Å². The summed E-state index contributed by atoms with van der Waals surface area (Å²) < 4.78 is 22.3. The lowest BCUT2D eigenvalue weighted by molar-refractivity contribution is 0.114. The molecule has 2 rings (SSSR count). The van der Waals surface area contributed by atoms with Gasteiger partial charge in [-0.25, -0.2) is 0 Å².